The Balaban J connectivity index is 1.51. The van der Waals surface area contributed by atoms with Gasteiger partial charge in [-0.15, -0.1) is 0 Å². The highest BCUT2D eigenvalue weighted by Gasteiger charge is 2.41. The first-order valence-electron chi connectivity index (χ1n) is 8.86. The lowest BCUT2D eigenvalue weighted by Crippen LogP contribution is -2.44. The Bertz CT molecular complexity index is 377. The van der Waals surface area contributed by atoms with Crippen LogP contribution in [0.2, 0.25) is 0 Å². The topological polar surface area (TPSA) is 45.1 Å². The average molecular weight is 294 g/mol. The van der Waals surface area contributed by atoms with E-state index in [0.717, 1.165) is 38.2 Å². The molecule has 0 aromatic carbocycles. The fourth-order valence-electron chi connectivity index (χ4n) is 4.52. The van der Waals surface area contributed by atoms with Crippen LogP contribution in [0.25, 0.3) is 0 Å². The lowest BCUT2D eigenvalue weighted by Gasteiger charge is -2.36. The molecule has 0 aromatic heterocycles. The number of nitrogens with zero attached hydrogens (tertiary/aromatic N) is 2. The minimum Gasteiger partial charge on any atom is -0.411 e. The van der Waals surface area contributed by atoms with Gasteiger partial charge in [0, 0.05) is 32.0 Å². The number of rotatable bonds is 3. The van der Waals surface area contributed by atoms with Crippen LogP contribution in [-0.2, 0) is 4.74 Å². The predicted octanol–water partition coefficient (Wildman–Crippen LogP) is 3.43. The number of hydrogen-bond acceptors (Lipinski definition) is 4. The summed E-state index contributed by atoms with van der Waals surface area (Å²) >= 11 is 0. The Kier molecular flexibility index (Phi) is 4.85. The number of piperidine rings is 1. The molecule has 1 saturated carbocycles. The van der Waals surface area contributed by atoms with E-state index in [9.17, 15) is 0 Å². The van der Waals surface area contributed by atoms with Crippen molar-refractivity contribution in [3.63, 3.8) is 0 Å². The average Bonchev–Trinajstić information content (AvgIpc) is 2.90. The van der Waals surface area contributed by atoms with E-state index in [1.807, 2.05) is 0 Å². The third-order valence-electron chi connectivity index (χ3n) is 5.82. The largest absolute Gasteiger partial charge is 0.411 e. The molecule has 21 heavy (non-hydrogen) atoms. The summed E-state index contributed by atoms with van der Waals surface area (Å²) in [6, 6.07) is 0. The van der Waals surface area contributed by atoms with Gasteiger partial charge < -0.3 is 9.94 Å². The van der Waals surface area contributed by atoms with Crippen LogP contribution in [0, 0.1) is 5.92 Å². The van der Waals surface area contributed by atoms with Crippen molar-refractivity contribution in [2.45, 2.75) is 76.4 Å². The molecule has 0 radical (unpaired) electrons. The summed E-state index contributed by atoms with van der Waals surface area (Å²) in [6.45, 7) is 5.30. The van der Waals surface area contributed by atoms with Crippen LogP contribution in [0.3, 0.4) is 0 Å². The first-order chi connectivity index (χ1) is 10.2. The summed E-state index contributed by atoms with van der Waals surface area (Å²) in [5.41, 5.74) is 1.23. The van der Waals surface area contributed by atoms with Crippen LogP contribution in [-0.4, -0.2) is 47.2 Å². The summed E-state index contributed by atoms with van der Waals surface area (Å²) in [5.74, 6) is 0.425. The second-order valence-electron chi connectivity index (χ2n) is 7.23. The molecule has 3 fully saturated rings. The smallest absolute Gasteiger partial charge is 0.0710 e. The van der Waals surface area contributed by atoms with E-state index in [1.165, 1.54) is 44.9 Å². The molecule has 4 nitrogen and oxygen atoms in total. The molecule has 2 atom stereocenters. The molecule has 4 heteroatoms. The van der Waals surface area contributed by atoms with Gasteiger partial charge in [-0.05, 0) is 32.1 Å². The van der Waals surface area contributed by atoms with E-state index < -0.39 is 0 Å². The first kappa shape index (κ1) is 15.3. The molecule has 2 saturated heterocycles. The molecule has 0 amide bonds. The van der Waals surface area contributed by atoms with Crippen LogP contribution in [0.5, 0.6) is 0 Å². The van der Waals surface area contributed by atoms with Gasteiger partial charge >= 0.3 is 0 Å². The fraction of sp³-hybridized carbons (Fsp3) is 0.941. The molecule has 2 unspecified atom stereocenters. The Morgan fingerprint density at radius 1 is 1.29 bits per heavy atom. The van der Waals surface area contributed by atoms with E-state index in [-0.39, 0.29) is 5.60 Å². The lowest BCUT2D eigenvalue weighted by atomic mass is 9.83. The molecule has 1 aliphatic carbocycles. The Hall–Kier alpha value is -0.610. The highest BCUT2D eigenvalue weighted by atomic mass is 16.5. The van der Waals surface area contributed by atoms with Crippen molar-refractivity contribution in [1.82, 2.24) is 4.90 Å². The molecular formula is C17H30N2O2. The van der Waals surface area contributed by atoms with Crippen LogP contribution >= 0.6 is 0 Å². The van der Waals surface area contributed by atoms with Crippen molar-refractivity contribution in [3.8, 4) is 0 Å². The number of oxime groups is 1. The summed E-state index contributed by atoms with van der Waals surface area (Å²) in [5, 5.41) is 12.6. The molecule has 2 heterocycles. The van der Waals surface area contributed by atoms with Crippen molar-refractivity contribution in [2.24, 2.45) is 11.1 Å². The Labute approximate surface area is 128 Å². The first-order valence-corrected chi connectivity index (χ1v) is 8.86. The normalized spacial score (nSPS) is 35.6. The summed E-state index contributed by atoms with van der Waals surface area (Å²) in [4.78, 5) is 2.52. The van der Waals surface area contributed by atoms with E-state index in [4.69, 9.17) is 9.94 Å². The van der Waals surface area contributed by atoms with Crippen molar-refractivity contribution in [3.05, 3.63) is 0 Å². The molecule has 0 bridgehead atoms. The van der Waals surface area contributed by atoms with E-state index in [2.05, 4.69) is 17.0 Å². The lowest BCUT2D eigenvalue weighted by molar-refractivity contribution is -0.0726. The molecule has 2 aliphatic heterocycles. The van der Waals surface area contributed by atoms with E-state index >= 15 is 0 Å². The maximum Gasteiger partial charge on any atom is 0.0710 e. The van der Waals surface area contributed by atoms with Gasteiger partial charge in [-0.1, -0.05) is 31.3 Å². The van der Waals surface area contributed by atoms with Crippen molar-refractivity contribution >= 4 is 5.71 Å². The van der Waals surface area contributed by atoms with Gasteiger partial charge in [0.1, 0.15) is 0 Å². The maximum absolute atomic E-state index is 9.07. The van der Waals surface area contributed by atoms with Gasteiger partial charge in [-0.2, -0.15) is 0 Å². The second-order valence-corrected chi connectivity index (χ2v) is 7.23. The van der Waals surface area contributed by atoms with Crippen molar-refractivity contribution < 1.29 is 9.94 Å². The zero-order chi connectivity index (χ0) is 14.7. The van der Waals surface area contributed by atoms with Crippen molar-refractivity contribution in [1.29, 1.82) is 0 Å². The monoisotopic (exact) mass is 294 g/mol. The van der Waals surface area contributed by atoms with Gasteiger partial charge in [-0.3, -0.25) is 4.90 Å². The summed E-state index contributed by atoms with van der Waals surface area (Å²) in [7, 11) is 0. The Morgan fingerprint density at radius 2 is 2.10 bits per heavy atom. The summed E-state index contributed by atoms with van der Waals surface area (Å²) in [6.07, 6.45) is 11.6. The minimum atomic E-state index is 0.237. The third-order valence-corrected chi connectivity index (χ3v) is 5.82. The van der Waals surface area contributed by atoms with Gasteiger partial charge in [0.05, 0.1) is 17.4 Å². The van der Waals surface area contributed by atoms with Gasteiger partial charge in [-0.25, -0.2) is 0 Å². The van der Waals surface area contributed by atoms with Gasteiger partial charge in [0.25, 0.3) is 0 Å². The standard InChI is InChI=1S/C17H30N2O2/c1-2-14-12-19(11-7-16(14)18-20)13-15-6-10-17(21-15)8-4-3-5-9-17/h14-15,20H,2-13H2,1H3. The van der Waals surface area contributed by atoms with Gasteiger partial charge in [0.2, 0.25) is 0 Å². The quantitative estimate of drug-likeness (QED) is 0.640. The molecule has 1 spiro atoms. The highest BCUT2D eigenvalue weighted by Crippen LogP contribution is 2.42. The van der Waals surface area contributed by atoms with E-state index in [1.54, 1.807) is 0 Å². The molecule has 3 rings (SSSR count). The molecule has 1 N–H and O–H groups in total. The van der Waals surface area contributed by atoms with E-state index in [0.29, 0.717) is 12.0 Å². The molecule has 120 valence electrons. The van der Waals surface area contributed by atoms with Crippen LogP contribution < -0.4 is 0 Å². The van der Waals surface area contributed by atoms with Crippen LogP contribution in [0.15, 0.2) is 5.16 Å². The molecule has 3 aliphatic rings. The zero-order valence-corrected chi connectivity index (χ0v) is 13.4. The van der Waals surface area contributed by atoms with Crippen molar-refractivity contribution in [2.75, 3.05) is 19.6 Å². The second kappa shape index (κ2) is 6.66. The minimum absolute atomic E-state index is 0.237. The third kappa shape index (κ3) is 3.42. The van der Waals surface area contributed by atoms with Crippen LogP contribution in [0.4, 0.5) is 0 Å². The maximum atomic E-state index is 9.07. The van der Waals surface area contributed by atoms with Crippen LogP contribution in [0.1, 0.15) is 64.7 Å². The highest BCUT2D eigenvalue weighted by molar-refractivity contribution is 5.87. The molecule has 0 aromatic rings. The Morgan fingerprint density at radius 3 is 2.81 bits per heavy atom. The number of hydrogen-bond donors (Lipinski definition) is 1. The SMILES string of the molecule is CCC1CN(CC2CCC3(CCCCC3)O2)CCC1=NO. The number of likely N-dealkylation sites (tertiary alicyclic amines) is 1. The number of ether oxygens (including phenoxy) is 1. The zero-order valence-electron chi connectivity index (χ0n) is 13.4. The predicted molar refractivity (Wildman–Crippen MR) is 84.0 cm³/mol. The van der Waals surface area contributed by atoms with Gasteiger partial charge in [0.15, 0.2) is 0 Å². The molecular weight excluding hydrogens is 264 g/mol. The fourth-order valence-corrected chi connectivity index (χ4v) is 4.52. The summed E-state index contributed by atoms with van der Waals surface area (Å²) < 4.78 is 6.49.